The summed E-state index contributed by atoms with van der Waals surface area (Å²) < 4.78 is 1.61. The van der Waals surface area contributed by atoms with Gasteiger partial charge in [0.15, 0.2) is 0 Å². The van der Waals surface area contributed by atoms with E-state index in [-0.39, 0.29) is 18.1 Å². The summed E-state index contributed by atoms with van der Waals surface area (Å²) in [5.74, 6) is -1.49. The van der Waals surface area contributed by atoms with Crippen LogP contribution in [0, 0.1) is 0 Å². The average Bonchev–Trinajstić information content (AvgIpc) is 2.68. The molecule has 4 N–H and O–H groups in total. The number of carbonyl (C=O) groups excluding carboxylic acids is 2. The molecule has 0 aliphatic carbocycles. The van der Waals surface area contributed by atoms with Gasteiger partial charge in [-0.3, -0.25) is 14.3 Å². The highest BCUT2D eigenvalue weighted by Gasteiger charge is 2.12. The second kappa shape index (κ2) is 5.94. The van der Waals surface area contributed by atoms with Crippen molar-refractivity contribution in [2.45, 2.75) is 6.54 Å². The molecule has 2 amide bonds. The fourth-order valence-electron chi connectivity index (χ4n) is 1.07. The number of aromatic nitrogens is 2. The van der Waals surface area contributed by atoms with E-state index in [4.69, 9.17) is 5.73 Å². The molecule has 7 nitrogen and oxygen atoms in total. The highest BCUT2D eigenvalue weighted by Crippen LogP contribution is 1.94. The second-order valence-electron chi connectivity index (χ2n) is 3.35. The van der Waals surface area contributed by atoms with Crippen LogP contribution in [-0.2, 0) is 23.2 Å². The quantitative estimate of drug-likeness (QED) is 0.446. The first-order chi connectivity index (χ1) is 7.99. The highest BCUT2D eigenvalue weighted by molar-refractivity contribution is 7.80. The fourth-order valence-corrected chi connectivity index (χ4v) is 1.15. The van der Waals surface area contributed by atoms with Gasteiger partial charge in [0.05, 0.1) is 17.7 Å². The summed E-state index contributed by atoms with van der Waals surface area (Å²) in [4.78, 5) is 22.6. The van der Waals surface area contributed by atoms with Gasteiger partial charge in [0.2, 0.25) is 0 Å². The lowest BCUT2D eigenvalue weighted by molar-refractivity contribution is -0.139. The first-order valence-corrected chi connectivity index (χ1v) is 5.21. The van der Waals surface area contributed by atoms with Crippen LogP contribution in [0.25, 0.3) is 0 Å². The van der Waals surface area contributed by atoms with Crippen LogP contribution >= 0.6 is 12.2 Å². The molecule has 0 unspecified atom stereocenters. The smallest absolute Gasteiger partial charge is 0.309 e. The van der Waals surface area contributed by atoms with Gasteiger partial charge in [0.1, 0.15) is 0 Å². The van der Waals surface area contributed by atoms with Crippen molar-refractivity contribution in [2.75, 3.05) is 6.54 Å². The van der Waals surface area contributed by atoms with Crippen molar-refractivity contribution < 1.29 is 9.59 Å². The molecule has 0 spiro atoms. The zero-order valence-electron chi connectivity index (χ0n) is 9.27. The summed E-state index contributed by atoms with van der Waals surface area (Å²) in [7, 11) is 1.76. The maximum Gasteiger partial charge on any atom is 0.309 e. The van der Waals surface area contributed by atoms with Crippen molar-refractivity contribution >= 4 is 29.0 Å². The maximum absolute atomic E-state index is 11.3. The Kier molecular flexibility index (Phi) is 4.58. The topological polar surface area (TPSA) is 102 Å². The molecular formula is C9H13N5O2S. The van der Waals surface area contributed by atoms with E-state index in [1.807, 2.05) is 0 Å². The van der Waals surface area contributed by atoms with Crippen molar-refractivity contribution in [3.63, 3.8) is 0 Å². The number of hydrogen-bond donors (Lipinski definition) is 3. The van der Waals surface area contributed by atoms with Gasteiger partial charge in [-0.25, -0.2) is 0 Å². The highest BCUT2D eigenvalue weighted by atomic mass is 32.1. The number of nitrogens with zero attached hydrogens (tertiary/aromatic N) is 2. The van der Waals surface area contributed by atoms with Crippen molar-refractivity contribution in [3.8, 4) is 0 Å². The van der Waals surface area contributed by atoms with Gasteiger partial charge in [-0.15, -0.1) is 0 Å². The minimum atomic E-state index is -0.762. The second-order valence-corrected chi connectivity index (χ2v) is 3.88. The molecule has 1 heterocycles. The Labute approximate surface area is 103 Å². The van der Waals surface area contributed by atoms with Crippen LogP contribution in [-0.4, -0.2) is 33.1 Å². The van der Waals surface area contributed by atoms with Crippen molar-refractivity contribution in [2.24, 2.45) is 12.8 Å². The number of amides is 2. The molecule has 0 aromatic carbocycles. The van der Waals surface area contributed by atoms with E-state index >= 15 is 0 Å². The molecule has 0 saturated heterocycles. The Balaban J connectivity index is 2.34. The molecule has 0 fully saturated rings. The lowest BCUT2D eigenvalue weighted by Crippen LogP contribution is -2.42. The van der Waals surface area contributed by atoms with Crippen LogP contribution in [0.3, 0.4) is 0 Å². The van der Waals surface area contributed by atoms with Crippen molar-refractivity contribution in [1.29, 1.82) is 0 Å². The van der Waals surface area contributed by atoms with Crippen LogP contribution in [0.2, 0.25) is 0 Å². The fraction of sp³-hybridized carbons (Fsp3) is 0.333. The Hall–Kier alpha value is -1.96. The zero-order chi connectivity index (χ0) is 12.8. The van der Waals surface area contributed by atoms with Crippen LogP contribution < -0.4 is 16.4 Å². The number of nitrogens with one attached hydrogen (secondary N) is 2. The van der Waals surface area contributed by atoms with Gasteiger partial charge in [-0.05, 0) is 0 Å². The molecular weight excluding hydrogens is 242 g/mol. The third kappa shape index (κ3) is 4.60. The lowest BCUT2D eigenvalue weighted by atomic mass is 10.3. The molecule has 0 radical (unpaired) electrons. The van der Waals surface area contributed by atoms with Gasteiger partial charge in [0.25, 0.3) is 0 Å². The van der Waals surface area contributed by atoms with Crippen molar-refractivity contribution in [1.82, 2.24) is 20.4 Å². The maximum atomic E-state index is 11.3. The molecule has 8 heteroatoms. The van der Waals surface area contributed by atoms with E-state index < -0.39 is 11.8 Å². The largest absolute Gasteiger partial charge is 0.392 e. The summed E-state index contributed by atoms with van der Waals surface area (Å²) in [5.41, 5.74) is 5.99. The summed E-state index contributed by atoms with van der Waals surface area (Å²) in [5, 5.41) is 8.66. The van der Waals surface area contributed by atoms with Crippen LogP contribution in [0.15, 0.2) is 12.4 Å². The Morgan fingerprint density at radius 1 is 1.47 bits per heavy atom. The molecule has 1 aromatic heterocycles. The summed E-state index contributed by atoms with van der Waals surface area (Å²) in [6.07, 6.45) is 3.35. The van der Waals surface area contributed by atoms with Crippen LogP contribution in [0.1, 0.15) is 5.56 Å². The number of carbonyl (C=O) groups is 2. The SMILES string of the molecule is Cn1cc(CNC(=O)C(=O)NCC(N)=S)cn1. The van der Waals surface area contributed by atoms with Gasteiger partial charge in [-0.2, -0.15) is 5.10 Å². The standard InChI is InChI=1S/C9H13N5O2S/c1-14-5-6(3-13-14)2-11-8(15)9(16)12-4-7(10)17/h3,5H,2,4H2,1H3,(H2,10,17)(H,11,15)(H,12,16). The average molecular weight is 255 g/mol. The minimum absolute atomic E-state index is 0.00841. The Bertz CT molecular complexity index is 442. The van der Waals surface area contributed by atoms with Crippen molar-refractivity contribution in [3.05, 3.63) is 18.0 Å². The van der Waals surface area contributed by atoms with E-state index in [0.717, 1.165) is 5.56 Å². The third-order valence-corrected chi connectivity index (χ3v) is 1.99. The molecule has 17 heavy (non-hydrogen) atoms. The lowest BCUT2D eigenvalue weighted by Gasteiger charge is -2.04. The van der Waals surface area contributed by atoms with Gasteiger partial charge < -0.3 is 16.4 Å². The molecule has 0 aliphatic heterocycles. The molecule has 1 aromatic rings. The predicted molar refractivity (Wildman–Crippen MR) is 64.8 cm³/mol. The van der Waals surface area contributed by atoms with E-state index in [2.05, 4.69) is 28.0 Å². The molecule has 0 saturated carbocycles. The summed E-state index contributed by atoms with van der Waals surface area (Å²) in [6.45, 7) is 0.252. The minimum Gasteiger partial charge on any atom is -0.392 e. The predicted octanol–water partition coefficient (Wildman–Crippen LogP) is -1.56. The first kappa shape index (κ1) is 13.1. The molecule has 0 bridgehead atoms. The van der Waals surface area contributed by atoms with E-state index in [9.17, 15) is 9.59 Å². The Morgan fingerprint density at radius 2 is 2.12 bits per heavy atom. The normalized spacial score (nSPS) is 9.71. The first-order valence-electron chi connectivity index (χ1n) is 4.81. The van der Waals surface area contributed by atoms with Gasteiger partial charge >= 0.3 is 11.8 Å². The molecule has 92 valence electrons. The third-order valence-electron chi connectivity index (χ3n) is 1.84. The molecule has 1 rings (SSSR count). The van der Waals surface area contributed by atoms with Crippen LogP contribution in [0.4, 0.5) is 0 Å². The van der Waals surface area contributed by atoms with E-state index in [1.54, 1.807) is 24.1 Å². The van der Waals surface area contributed by atoms with Gasteiger partial charge in [-0.1, -0.05) is 12.2 Å². The molecule has 0 aliphatic rings. The number of nitrogens with two attached hydrogens (primary N) is 1. The summed E-state index contributed by atoms with van der Waals surface area (Å²) in [6, 6.07) is 0. The summed E-state index contributed by atoms with van der Waals surface area (Å²) >= 11 is 4.56. The molecule has 0 atom stereocenters. The number of rotatable bonds is 4. The number of thiocarbonyl (C=S) groups is 1. The Morgan fingerprint density at radius 3 is 2.65 bits per heavy atom. The number of aryl methyl sites for hydroxylation is 1. The zero-order valence-corrected chi connectivity index (χ0v) is 10.1. The van der Waals surface area contributed by atoms with E-state index in [1.165, 1.54) is 0 Å². The monoisotopic (exact) mass is 255 g/mol. The van der Waals surface area contributed by atoms with Gasteiger partial charge in [0, 0.05) is 25.4 Å². The van der Waals surface area contributed by atoms with Crippen LogP contribution in [0.5, 0.6) is 0 Å². The number of hydrogen-bond acceptors (Lipinski definition) is 4. The van der Waals surface area contributed by atoms with E-state index in [0.29, 0.717) is 0 Å².